The van der Waals surface area contributed by atoms with E-state index in [1.54, 1.807) is 24.3 Å². The Morgan fingerprint density at radius 3 is 2.85 bits per heavy atom. The van der Waals surface area contributed by atoms with Crippen molar-refractivity contribution in [2.45, 2.75) is 17.8 Å². The fraction of sp³-hybridized carbons (Fsp3) is 0.211. The Morgan fingerprint density at radius 1 is 1.22 bits per heavy atom. The number of hydrogen-bond donors (Lipinski definition) is 0. The second-order valence-electron chi connectivity index (χ2n) is 5.43. The third-order valence-corrected chi connectivity index (χ3v) is 4.98. The third-order valence-electron chi connectivity index (χ3n) is 3.63. The Kier molecular flexibility index (Phi) is 6.73. The maximum atomic E-state index is 6.20. The molecule has 0 aliphatic heterocycles. The fourth-order valence-electron chi connectivity index (χ4n) is 2.32. The van der Waals surface area contributed by atoms with Gasteiger partial charge in [-0.15, -0.1) is 10.2 Å². The van der Waals surface area contributed by atoms with Crippen molar-refractivity contribution in [2.24, 2.45) is 5.10 Å². The number of rotatable bonds is 8. The maximum Gasteiger partial charge on any atom is 0.212 e. The van der Waals surface area contributed by atoms with Crippen molar-refractivity contribution in [3.63, 3.8) is 0 Å². The summed E-state index contributed by atoms with van der Waals surface area (Å²) in [4.78, 5) is 0. The molecule has 140 valence electrons. The van der Waals surface area contributed by atoms with E-state index in [0.29, 0.717) is 29.0 Å². The van der Waals surface area contributed by atoms with Crippen LogP contribution in [0.2, 0.25) is 5.02 Å². The molecule has 0 unspecified atom stereocenters. The summed E-state index contributed by atoms with van der Waals surface area (Å²) in [6.45, 7) is 2.51. The third kappa shape index (κ3) is 5.02. The van der Waals surface area contributed by atoms with E-state index < -0.39 is 0 Å². The van der Waals surface area contributed by atoms with Crippen molar-refractivity contribution < 1.29 is 9.47 Å². The molecular formula is C19H19ClN4O2S. The van der Waals surface area contributed by atoms with Crippen LogP contribution < -0.4 is 9.47 Å². The number of thioether (sulfide) groups is 1. The highest BCUT2D eigenvalue weighted by molar-refractivity contribution is 7.98. The first-order valence-electron chi connectivity index (χ1n) is 8.32. The normalized spacial score (nSPS) is 11.1. The van der Waals surface area contributed by atoms with Crippen LogP contribution in [0, 0.1) is 0 Å². The van der Waals surface area contributed by atoms with E-state index in [1.165, 1.54) is 11.8 Å². The molecule has 27 heavy (non-hydrogen) atoms. The molecule has 0 spiro atoms. The topological polar surface area (TPSA) is 61.5 Å². The first kappa shape index (κ1) is 19.3. The summed E-state index contributed by atoms with van der Waals surface area (Å²) >= 11 is 7.72. The minimum atomic E-state index is 0.580. The molecule has 6 nitrogen and oxygen atoms in total. The standard InChI is InChI=1S/C19H19ClN4O2S/c1-3-26-17-9-8-14(10-18(17)25-2)11-22-24-13-21-23-19(24)27-12-15-6-4-5-7-16(15)20/h4-11,13H,3,12H2,1-2H3/b22-11-. The molecule has 0 amide bonds. The Morgan fingerprint density at radius 2 is 2.07 bits per heavy atom. The summed E-state index contributed by atoms with van der Waals surface area (Å²) in [6, 6.07) is 13.4. The van der Waals surface area contributed by atoms with E-state index in [2.05, 4.69) is 15.3 Å². The fourth-order valence-corrected chi connectivity index (χ4v) is 3.47. The van der Waals surface area contributed by atoms with Crippen molar-refractivity contribution in [2.75, 3.05) is 13.7 Å². The highest BCUT2D eigenvalue weighted by Crippen LogP contribution is 2.28. The maximum absolute atomic E-state index is 6.20. The molecule has 0 saturated carbocycles. The van der Waals surface area contributed by atoms with Crippen LogP contribution in [-0.4, -0.2) is 34.8 Å². The molecule has 1 aromatic heterocycles. The molecule has 2 aromatic carbocycles. The van der Waals surface area contributed by atoms with Gasteiger partial charge in [0.2, 0.25) is 5.16 Å². The van der Waals surface area contributed by atoms with Crippen LogP contribution in [0.5, 0.6) is 11.5 Å². The zero-order valence-electron chi connectivity index (χ0n) is 15.0. The van der Waals surface area contributed by atoms with E-state index in [9.17, 15) is 0 Å². The Labute approximate surface area is 167 Å². The van der Waals surface area contributed by atoms with Gasteiger partial charge in [-0.2, -0.15) is 9.78 Å². The van der Waals surface area contributed by atoms with Crippen LogP contribution in [0.3, 0.4) is 0 Å². The number of aromatic nitrogens is 3. The Hall–Kier alpha value is -2.51. The van der Waals surface area contributed by atoms with E-state index in [-0.39, 0.29) is 0 Å². The number of benzene rings is 2. The number of halogens is 1. The van der Waals surface area contributed by atoms with E-state index >= 15 is 0 Å². The lowest BCUT2D eigenvalue weighted by Gasteiger charge is -2.09. The summed E-state index contributed by atoms with van der Waals surface area (Å²) in [5.74, 6) is 2.06. The minimum absolute atomic E-state index is 0.580. The smallest absolute Gasteiger partial charge is 0.212 e. The van der Waals surface area contributed by atoms with E-state index in [4.69, 9.17) is 21.1 Å². The quantitative estimate of drug-likeness (QED) is 0.409. The Balaban J connectivity index is 1.71. The SMILES string of the molecule is CCOc1ccc(/C=N\n2cnnc2SCc2ccccc2Cl)cc1OC. The molecule has 0 aliphatic carbocycles. The first-order valence-corrected chi connectivity index (χ1v) is 9.69. The van der Waals surface area contributed by atoms with Gasteiger partial charge < -0.3 is 9.47 Å². The summed E-state index contributed by atoms with van der Waals surface area (Å²) in [7, 11) is 1.61. The summed E-state index contributed by atoms with van der Waals surface area (Å²) in [6.07, 6.45) is 3.29. The van der Waals surface area contributed by atoms with Gasteiger partial charge in [0.05, 0.1) is 19.9 Å². The average Bonchev–Trinajstić information content (AvgIpc) is 3.14. The van der Waals surface area contributed by atoms with Gasteiger partial charge in [-0.05, 0) is 42.3 Å². The van der Waals surface area contributed by atoms with Crippen LogP contribution in [-0.2, 0) is 5.75 Å². The predicted octanol–water partition coefficient (Wildman–Crippen LogP) is 4.51. The largest absolute Gasteiger partial charge is 0.493 e. The summed E-state index contributed by atoms with van der Waals surface area (Å²) in [5.41, 5.74) is 1.92. The lowest BCUT2D eigenvalue weighted by atomic mass is 10.2. The van der Waals surface area contributed by atoms with Gasteiger partial charge in [-0.1, -0.05) is 41.6 Å². The molecule has 0 radical (unpaired) electrons. The number of ether oxygens (including phenoxy) is 2. The van der Waals surface area contributed by atoms with Crippen molar-refractivity contribution in [1.82, 2.24) is 14.9 Å². The second-order valence-corrected chi connectivity index (χ2v) is 6.78. The van der Waals surface area contributed by atoms with Crippen molar-refractivity contribution in [3.8, 4) is 11.5 Å². The van der Waals surface area contributed by atoms with Gasteiger partial charge in [0.15, 0.2) is 11.5 Å². The van der Waals surface area contributed by atoms with Gasteiger partial charge in [0, 0.05) is 10.8 Å². The molecule has 8 heteroatoms. The number of hydrogen-bond acceptors (Lipinski definition) is 6. The highest BCUT2D eigenvalue weighted by Gasteiger charge is 2.07. The second kappa shape index (κ2) is 9.43. The molecule has 3 rings (SSSR count). The van der Waals surface area contributed by atoms with E-state index in [0.717, 1.165) is 16.1 Å². The van der Waals surface area contributed by atoms with Crippen LogP contribution in [0.25, 0.3) is 0 Å². The monoisotopic (exact) mass is 402 g/mol. The van der Waals surface area contributed by atoms with Crippen LogP contribution in [0.4, 0.5) is 0 Å². The molecule has 0 atom stereocenters. The van der Waals surface area contributed by atoms with Crippen LogP contribution in [0.15, 0.2) is 59.0 Å². The molecule has 0 N–H and O–H groups in total. The molecular weight excluding hydrogens is 384 g/mol. The van der Waals surface area contributed by atoms with Crippen LogP contribution >= 0.6 is 23.4 Å². The van der Waals surface area contributed by atoms with Crippen molar-refractivity contribution in [3.05, 3.63) is 64.9 Å². The van der Waals surface area contributed by atoms with Gasteiger partial charge in [-0.25, -0.2) is 0 Å². The highest BCUT2D eigenvalue weighted by atomic mass is 35.5. The van der Waals surface area contributed by atoms with E-state index in [1.807, 2.05) is 49.4 Å². The molecule has 0 aliphatic rings. The minimum Gasteiger partial charge on any atom is -0.493 e. The van der Waals surface area contributed by atoms with Gasteiger partial charge in [-0.3, -0.25) is 0 Å². The van der Waals surface area contributed by atoms with Crippen molar-refractivity contribution >= 4 is 29.6 Å². The van der Waals surface area contributed by atoms with Gasteiger partial charge in [0.25, 0.3) is 0 Å². The zero-order valence-corrected chi connectivity index (χ0v) is 16.6. The summed E-state index contributed by atoms with van der Waals surface area (Å²) in [5, 5.41) is 13.9. The zero-order chi connectivity index (χ0) is 19.1. The molecule has 0 bridgehead atoms. The molecule has 0 saturated heterocycles. The van der Waals surface area contributed by atoms with Gasteiger partial charge >= 0.3 is 0 Å². The number of methoxy groups -OCH3 is 1. The molecule has 0 fully saturated rings. The average molecular weight is 403 g/mol. The predicted molar refractivity (Wildman–Crippen MR) is 108 cm³/mol. The molecule has 3 aromatic rings. The van der Waals surface area contributed by atoms with Gasteiger partial charge in [0.1, 0.15) is 6.33 Å². The first-order chi connectivity index (χ1) is 13.2. The molecule has 1 heterocycles. The van der Waals surface area contributed by atoms with Crippen LogP contribution in [0.1, 0.15) is 18.1 Å². The summed E-state index contributed by atoms with van der Waals surface area (Å²) < 4.78 is 12.5. The Bertz CT molecular complexity index is 930. The lowest BCUT2D eigenvalue weighted by molar-refractivity contribution is 0.311. The number of nitrogens with zero attached hydrogens (tertiary/aromatic N) is 4. The lowest BCUT2D eigenvalue weighted by Crippen LogP contribution is -1.97. The van der Waals surface area contributed by atoms with Crippen molar-refractivity contribution in [1.29, 1.82) is 0 Å².